The number of morpholine rings is 1. The summed E-state index contributed by atoms with van der Waals surface area (Å²) in [5.41, 5.74) is 1.53. The summed E-state index contributed by atoms with van der Waals surface area (Å²) in [4.78, 5) is 26.7. The van der Waals surface area contributed by atoms with Gasteiger partial charge in [0.15, 0.2) is 6.39 Å². The molecule has 3 rings (SSSR count). The normalized spacial score (nSPS) is 18.4. The summed E-state index contributed by atoms with van der Waals surface area (Å²) < 4.78 is 10.7. The highest BCUT2D eigenvalue weighted by Crippen LogP contribution is 2.18. The van der Waals surface area contributed by atoms with Gasteiger partial charge in [-0.2, -0.15) is 0 Å². The molecule has 3 heterocycles. The van der Waals surface area contributed by atoms with Crippen molar-refractivity contribution in [3.63, 3.8) is 0 Å². The van der Waals surface area contributed by atoms with Crippen LogP contribution in [0.25, 0.3) is 0 Å². The fourth-order valence-corrected chi connectivity index (χ4v) is 2.57. The molecule has 22 heavy (non-hydrogen) atoms. The van der Waals surface area contributed by atoms with Crippen molar-refractivity contribution in [1.82, 2.24) is 19.9 Å². The van der Waals surface area contributed by atoms with Crippen LogP contribution in [0.15, 0.2) is 29.4 Å². The highest BCUT2D eigenvalue weighted by molar-refractivity contribution is 5.92. The molecule has 1 fully saturated rings. The second kappa shape index (κ2) is 6.65. The second-order valence-electron chi connectivity index (χ2n) is 5.23. The van der Waals surface area contributed by atoms with Crippen LogP contribution in [0, 0.1) is 6.92 Å². The summed E-state index contributed by atoms with van der Waals surface area (Å²) in [5, 5.41) is 0. The van der Waals surface area contributed by atoms with E-state index in [-0.39, 0.29) is 11.9 Å². The molecule has 0 aliphatic carbocycles. The van der Waals surface area contributed by atoms with Gasteiger partial charge in [-0.05, 0) is 19.8 Å². The quantitative estimate of drug-likeness (QED) is 0.845. The lowest BCUT2D eigenvalue weighted by Crippen LogP contribution is -2.49. The van der Waals surface area contributed by atoms with E-state index in [9.17, 15) is 4.79 Å². The Labute approximate surface area is 128 Å². The maximum atomic E-state index is 12.6. The Bertz CT molecular complexity index is 629. The Morgan fingerprint density at radius 2 is 2.32 bits per heavy atom. The zero-order valence-corrected chi connectivity index (χ0v) is 12.4. The largest absolute Gasteiger partial charge is 0.438 e. The number of amides is 1. The molecule has 1 aliphatic heterocycles. The van der Waals surface area contributed by atoms with Crippen LogP contribution in [0.2, 0.25) is 0 Å². The molecule has 0 spiro atoms. The SMILES string of the molecule is Cc1ncoc1C(=O)N1CCOC[C@H]1CCc1cnccn1. The predicted molar refractivity (Wildman–Crippen MR) is 77.2 cm³/mol. The average Bonchev–Trinajstić information content (AvgIpc) is 2.99. The van der Waals surface area contributed by atoms with E-state index >= 15 is 0 Å². The average molecular weight is 302 g/mol. The Morgan fingerprint density at radius 1 is 1.41 bits per heavy atom. The van der Waals surface area contributed by atoms with Gasteiger partial charge in [-0.3, -0.25) is 14.8 Å². The first-order chi connectivity index (χ1) is 10.8. The van der Waals surface area contributed by atoms with Crippen molar-refractivity contribution in [3.05, 3.63) is 42.1 Å². The number of carbonyl (C=O) groups excluding carboxylic acids is 1. The number of rotatable bonds is 4. The summed E-state index contributed by atoms with van der Waals surface area (Å²) in [7, 11) is 0. The molecule has 2 aromatic heterocycles. The smallest absolute Gasteiger partial charge is 0.291 e. The van der Waals surface area contributed by atoms with Gasteiger partial charge in [-0.15, -0.1) is 0 Å². The summed E-state index contributed by atoms with van der Waals surface area (Å²) in [6.07, 6.45) is 7.90. The van der Waals surface area contributed by atoms with Gasteiger partial charge in [-0.25, -0.2) is 4.98 Å². The summed E-state index contributed by atoms with van der Waals surface area (Å²) >= 11 is 0. The Morgan fingerprint density at radius 3 is 3.05 bits per heavy atom. The number of aromatic nitrogens is 3. The number of aryl methyl sites for hydroxylation is 2. The van der Waals surface area contributed by atoms with E-state index < -0.39 is 0 Å². The van der Waals surface area contributed by atoms with Crippen LogP contribution in [-0.2, 0) is 11.2 Å². The van der Waals surface area contributed by atoms with Crippen LogP contribution >= 0.6 is 0 Å². The molecule has 1 aliphatic rings. The zero-order valence-electron chi connectivity index (χ0n) is 12.4. The molecule has 1 saturated heterocycles. The third-order valence-electron chi connectivity index (χ3n) is 3.78. The summed E-state index contributed by atoms with van der Waals surface area (Å²) in [6.45, 7) is 3.40. The topological polar surface area (TPSA) is 81.4 Å². The zero-order chi connectivity index (χ0) is 15.4. The van der Waals surface area contributed by atoms with Gasteiger partial charge in [0.1, 0.15) is 0 Å². The lowest BCUT2D eigenvalue weighted by Gasteiger charge is -2.35. The minimum Gasteiger partial charge on any atom is -0.438 e. The maximum absolute atomic E-state index is 12.6. The van der Waals surface area contributed by atoms with E-state index in [1.54, 1.807) is 25.5 Å². The van der Waals surface area contributed by atoms with Gasteiger partial charge < -0.3 is 14.1 Å². The van der Waals surface area contributed by atoms with Crippen molar-refractivity contribution in [2.75, 3.05) is 19.8 Å². The van der Waals surface area contributed by atoms with Crippen LogP contribution < -0.4 is 0 Å². The van der Waals surface area contributed by atoms with Gasteiger partial charge in [-0.1, -0.05) is 0 Å². The molecule has 0 bridgehead atoms. The number of nitrogens with zero attached hydrogens (tertiary/aromatic N) is 4. The highest BCUT2D eigenvalue weighted by Gasteiger charge is 2.30. The van der Waals surface area contributed by atoms with E-state index in [4.69, 9.17) is 9.15 Å². The van der Waals surface area contributed by atoms with Gasteiger partial charge in [0.25, 0.3) is 5.91 Å². The van der Waals surface area contributed by atoms with Crippen molar-refractivity contribution < 1.29 is 13.9 Å². The molecular formula is C15H18N4O3. The third kappa shape index (κ3) is 3.14. The molecule has 0 N–H and O–H groups in total. The monoisotopic (exact) mass is 302 g/mol. The van der Waals surface area contributed by atoms with Crippen molar-refractivity contribution in [1.29, 1.82) is 0 Å². The molecule has 7 heteroatoms. The maximum Gasteiger partial charge on any atom is 0.291 e. The molecule has 116 valence electrons. The molecule has 0 unspecified atom stereocenters. The molecular weight excluding hydrogens is 284 g/mol. The minimum atomic E-state index is -0.123. The Balaban J connectivity index is 1.69. The van der Waals surface area contributed by atoms with Crippen molar-refractivity contribution in [2.45, 2.75) is 25.8 Å². The van der Waals surface area contributed by atoms with Gasteiger partial charge in [0.2, 0.25) is 5.76 Å². The van der Waals surface area contributed by atoms with Crippen LogP contribution in [0.1, 0.15) is 28.4 Å². The number of carbonyl (C=O) groups is 1. The van der Waals surface area contributed by atoms with E-state index in [2.05, 4.69) is 15.0 Å². The Hall–Kier alpha value is -2.28. The third-order valence-corrected chi connectivity index (χ3v) is 3.78. The predicted octanol–water partition coefficient (Wildman–Crippen LogP) is 1.25. The fraction of sp³-hybridized carbons (Fsp3) is 0.467. The second-order valence-corrected chi connectivity index (χ2v) is 5.23. The molecule has 1 atom stereocenters. The van der Waals surface area contributed by atoms with Crippen molar-refractivity contribution in [3.8, 4) is 0 Å². The van der Waals surface area contributed by atoms with E-state index in [0.717, 1.165) is 18.5 Å². The lowest BCUT2D eigenvalue weighted by atomic mass is 10.1. The molecule has 0 aromatic carbocycles. The van der Waals surface area contributed by atoms with Crippen LogP contribution in [-0.4, -0.2) is 51.6 Å². The molecule has 0 radical (unpaired) electrons. The number of ether oxygens (including phenoxy) is 1. The molecule has 7 nitrogen and oxygen atoms in total. The van der Waals surface area contributed by atoms with Crippen LogP contribution in [0.3, 0.4) is 0 Å². The summed E-state index contributed by atoms with van der Waals surface area (Å²) in [5.74, 6) is 0.189. The lowest BCUT2D eigenvalue weighted by molar-refractivity contribution is -0.00570. The first-order valence-corrected chi connectivity index (χ1v) is 7.29. The van der Waals surface area contributed by atoms with Gasteiger partial charge >= 0.3 is 0 Å². The van der Waals surface area contributed by atoms with Crippen molar-refractivity contribution >= 4 is 5.91 Å². The number of hydrogen-bond donors (Lipinski definition) is 0. The van der Waals surface area contributed by atoms with Gasteiger partial charge in [0, 0.05) is 25.1 Å². The highest BCUT2D eigenvalue weighted by atomic mass is 16.5. The van der Waals surface area contributed by atoms with Crippen molar-refractivity contribution in [2.24, 2.45) is 0 Å². The first-order valence-electron chi connectivity index (χ1n) is 7.29. The number of oxazole rings is 1. The van der Waals surface area contributed by atoms with E-state index in [1.807, 2.05) is 4.90 Å². The van der Waals surface area contributed by atoms with Gasteiger partial charge in [0.05, 0.1) is 30.6 Å². The molecule has 0 saturated carbocycles. The van der Waals surface area contributed by atoms with E-state index in [0.29, 0.717) is 31.2 Å². The number of hydrogen-bond acceptors (Lipinski definition) is 6. The van der Waals surface area contributed by atoms with Crippen LogP contribution in [0.4, 0.5) is 0 Å². The fourth-order valence-electron chi connectivity index (χ4n) is 2.57. The van der Waals surface area contributed by atoms with Crippen LogP contribution in [0.5, 0.6) is 0 Å². The Kier molecular flexibility index (Phi) is 4.43. The molecule has 2 aromatic rings. The van der Waals surface area contributed by atoms with E-state index in [1.165, 1.54) is 6.39 Å². The summed E-state index contributed by atoms with van der Waals surface area (Å²) in [6, 6.07) is 0.00718. The standard InChI is InChI=1S/C15H18N4O3/c1-11-14(22-10-18-11)15(20)19-6-7-21-9-13(19)3-2-12-8-16-4-5-17-12/h4-5,8,10,13H,2-3,6-7,9H2,1H3/t13-/m1/s1. The first kappa shape index (κ1) is 14.6. The minimum absolute atomic E-state index is 0.00718. The molecule has 1 amide bonds.